The number of esters is 2. The van der Waals surface area contributed by atoms with Gasteiger partial charge in [-0.3, -0.25) is 0 Å². The number of nitrogens with one attached hydrogen (secondary N) is 2. The Hall–Kier alpha value is -11.8. The van der Waals surface area contributed by atoms with Gasteiger partial charge in [-0.15, -0.1) is 0 Å². The molecule has 9 aromatic carbocycles. The third kappa shape index (κ3) is 35.0. The minimum absolute atomic E-state index is 0.0117. The van der Waals surface area contributed by atoms with Gasteiger partial charge in [0.15, 0.2) is 0 Å². The van der Waals surface area contributed by atoms with E-state index in [4.69, 9.17) is 94.3 Å². The molecule has 32 heteroatoms. The number of amides is 2. The molecule has 9 aromatic rings. The van der Waals surface area contributed by atoms with Gasteiger partial charge in [0.05, 0.1) is 138 Å². The topological polar surface area (TPSA) is 464 Å². The summed E-state index contributed by atoms with van der Waals surface area (Å²) in [5, 5.41) is 72.9. The minimum Gasteiger partial charge on any atom is -0.491 e. The standard InChI is InChI=1S/C28H31NO5.C27H29NO6.C14H17N3O6.2C12H19NO4/c1-2-20-15-21(18-30)17-22(16-20)33-14-13-32-12-11-29-28(31)34-19-27-25-9-5-3-7-23(25)24-8-4-6-10-26(24)27;29-16-19-13-20(17-30)15-21(14-19)33-12-11-32-10-9-28-27(31)34-18-26-24-7-3-1-5-22(24)23-6-2-4-8-25(23)26;1-20-13(18)10-7-11(14(19)21-2)9-12(8-10)23-6-5-22-4-3-16-17-15;2*13-1-2-16-3-4-17-12-6-10(8-14)5-11(7-12)9-15/h3-10,15-17,27,30H,2,11-14,18-19H2,1H3,(H,29,31);1-8,13-15,26,29-30H,9-12,16-18H2,(H,28,31);7-9H,3-6H2,1-2H3;2*5-7,14-15H,1-4,8-9,13H2. The van der Waals surface area contributed by atoms with E-state index in [2.05, 4.69) is 85.6 Å². The first-order valence-electron chi connectivity index (χ1n) is 40.8. The van der Waals surface area contributed by atoms with E-state index in [9.17, 15) is 34.5 Å². The number of carbonyl (C=O) groups excluding carboxylic acids is 4. The van der Waals surface area contributed by atoms with Crippen molar-refractivity contribution in [1.29, 1.82) is 0 Å². The molecule has 0 saturated heterocycles. The van der Waals surface area contributed by atoms with Crippen LogP contribution in [0.4, 0.5) is 9.59 Å². The summed E-state index contributed by atoms with van der Waals surface area (Å²) < 4.78 is 74.5. The average molecular weight is 1730 g/mol. The molecule has 0 aromatic heterocycles. The molecule has 0 fully saturated rings. The van der Waals surface area contributed by atoms with Crippen molar-refractivity contribution >= 4 is 24.1 Å². The van der Waals surface area contributed by atoms with Crippen molar-refractivity contribution in [2.75, 3.05) is 159 Å². The highest BCUT2D eigenvalue weighted by Gasteiger charge is 2.31. The van der Waals surface area contributed by atoms with Crippen LogP contribution in [0.5, 0.6) is 28.7 Å². The average Bonchev–Trinajstić information content (AvgIpc) is 1.62. The second-order valence-electron chi connectivity index (χ2n) is 27.5. The van der Waals surface area contributed by atoms with Crippen molar-refractivity contribution in [3.8, 4) is 51.0 Å². The van der Waals surface area contributed by atoms with Gasteiger partial charge in [0, 0.05) is 49.5 Å². The van der Waals surface area contributed by atoms with E-state index in [0.29, 0.717) is 146 Å². The highest BCUT2D eigenvalue weighted by molar-refractivity contribution is 5.96. The zero-order valence-corrected chi connectivity index (χ0v) is 70.7. The van der Waals surface area contributed by atoms with Crippen molar-refractivity contribution in [3.05, 3.63) is 276 Å². The van der Waals surface area contributed by atoms with Crippen LogP contribution in [0.2, 0.25) is 0 Å². The molecule has 0 aliphatic heterocycles. The number of carbonyl (C=O) groups is 4. The smallest absolute Gasteiger partial charge is 0.407 e. The van der Waals surface area contributed by atoms with Crippen LogP contribution in [0.3, 0.4) is 0 Å². The van der Waals surface area contributed by atoms with Crippen molar-refractivity contribution in [1.82, 2.24) is 10.6 Å². The number of aryl methyl sites for hydroxylation is 1. The zero-order chi connectivity index (χ0) is 89.6. The number of aliphatic hydroxyl groups is 7. The zero-order valence-electron chi connectivity index (χ0n) is 70.7. The summed E-state index contributed by atoms with van der Waals surface area (Å²) in [6.45, 7) is 9.65. The molecule has 0 atom stereocenters. The number of alkyl carbamates (subject to hydrolysis) is 2. The third-order valence-electron chi connectivity index (χ3n) is 18.7. The second-order valence-corrected chi connectivity index (χ2v) is 27.5. The van der Waals surface area contributed by atoms with Gasteiger partial charge < -0.3 is 124 Å². The van der Waals surface area contributed by atoms with Crippen molar-refractivity contribution < 1.29 is 121 Å². The van der Waals surface area contributed by atoms with E-state index < -0.39 is 24.1 Å². The van der Waals surface area contributed by atoms with Gasteiger partial charge in [0.1, 0.15) is 75.0 Å². The predicted molar refractivity (Wildman–Crippen MR) is 466 cm³/mol. The van der Waals surface area contributed by atoms with Gasteiger partial charge in [-0.1, -0.05) is 133 Å². The summed E-state index contributed by atoms with van der Waals surface area (Å²) in [5.41, 5.74) is 34.7. The highest BCUT2D eigenvalue weighted by atomic mass is 16.6. The number of azide groups is 1. The molecule has 0 heterocycles. The lowest BCUT2D eigenvalue weighted by Gasteiger charge is -2.14. The molecule has 0 radical (unpaired) electrons. The van der Waals surface area contributed by atoms with E-state index in [1.165, 1.54) is 76.9 Å². The minimum atomic E-state index is -0.591. The Balaban J connectivity index is 0.000000222. The van der Waals surface area contributed by atoms with Crippen LogP contribution >= 0.6 is 0 Å². The number of fused-ring (bicyclic) bond motifs is 6. The van der Waals surface area contributed by atoms with Crippen LogP contribution in [0.25, 0.3) is 32.7 Å². The summed E-state index contributed by atoms with van der Waals surface area (Å²) in [7, 11) is 2.48. The molecule has 0 unspecified atom stereocenters. The van der Waals surface area contributed by atoms with Gasteiger partial charge in [-0.25, -0.2) is 19.2 Å². The van der Waals surface area contributed by atoms with Crippen LogP contribution < -0.4 is 45.8 Å². The monoisotopic (exact) mass is 1730 g/mol. The lowest BCUT2D eigenvalue weighted by atomic mass is 9.98. The van der Waals surface area contributed by atoms with Gasteiger partial charge in [-0.2, -0.15) is 0 Å². The number of rotatable bonds is 47. The van der Waals surface area contributed by atoms with E-state index in [-0.39, 0.29) is 102 Å². The molecule has 32 nitrogen and oxygen atoms in total. The Morgan fingerprint density at radius 2 is 0.632 bits per heavy atom. The number of aliphatic hydroxyl groups excluding tert-OH is 7. The van der Waals surface area contributed by atoms with Crippen LogP contribution in [0.1, 0.15) is 106 Å². The number of hydrogen-bond acceptors (Lipinski definition) is 28. The normalized spacial score (nSPS) is 11.3. The van der Waals surface area contributed by atoms with Crippen LogP contribution in [-0.4, -0.2) is 219 Å². The predicted octanol–water partition coefficient (Wildman–Crippen LogP) is 10.3. The Labute approximate surface area is 727 Å². The molecule has 2 aliphatic carbocycles. The summed E-state index contributed by atoms with van der Waals surface area (Å²) in [4.78, 5) is 50.2. The highest BCUT2D eigenvalue weighted by Crippen LogP contribution is 2.46. The fraction of sp³-hybridized carbons (Fsp3) is 0.376. The molecule has 2 amide bonds. The maximum atomic E-state index is 12.2. The second kappa shape index (κ2) is 58.4. The molecule has 11 rings (SSSR count). The maximum Gasteiger partial charge on any atom is 0.407 e. The molecule has 125 heavy (non-hydrogen) atoms. The largest absolute Gasteiger partial charge is 0.491 e. The molecular formula is C93H115N7O25. The molecule has 672 valence electrons. The van der Waals surface area contributed by atoms with Gasteiger partial charge in [0.25, 0.3) is 0 Å². The Kier molecular flexibility index (Phi) is 46.8. The summed E-state index contributed by atoms with van der Waals surface area (Å²) in [5.74, 6) is 1.74. The summed E-state index contributed by atoms with van der Waals surface area (Å²) in [6.07, 6.45) is -0.0453. The van der Waals surface area contributed by atoms with E-state index in [0.717, 1.165) is 45.6 Å². The number of nitrogens with zero attached hydrogens (tertiary/aromatic N) is 3. The fourth-order valence-electron chi connectivity index (χ4n) is 12.9. The lowest BCUT2D eigenvalue weighted by molar-refractivity contribution is 0.0596. The quantitative estimate of drug-likeness (QED) is 0.00421. The molecule has 2 aliphatic rings. The van der Waals surface area contributed by atoms with Crippen molar-refractivity contribution in [3.63, 3.8) is 0 Å². The van der Waals surface area contributed by atoms with Crippen molar-refractivity contribution in [2.24, 2.45) is 16.6 Å². The summed E-state index contributed by atoms with van der Waals surface area (Å²) >= 11 is 0. The van der Waals surface area contributed by atoms with Gasteiger partial charge in [0.2, 0.25) is 0 Å². The molecule has 0 bridgehead atoms. The van der Waals surface area contributed by atoms with Crippen molar-refractivity contribution in [2.45, 2.75) is 71.4 Å². The number of benzene rings is 9. The fourth-order valence-corrected chi connectivity index (χ4v) is 12.9. The van der Waals surface area contributed by atoms with Crippen LogP contribution in [-0.2, 0) is 95.3 Å². The van der Waals surface area contributed by atoms with Gasteiger partial charge in [-0.05, 0) is 168 Å². The number of ether oxygens (including phenoxy) is 14. The first-order chi connectivity index (χ1) is 61.1. The Bertz CT molecular complexity index is 4330. The molecule has 13 N–H and O–H groups in total. The number of hydrogen-bond donors (Lipinski definition) is 11. The van der Waals surface area contributed by atoms with Gasteiger partial charge >= 0.3 is 24.1 Å². The third-order valence-corrected chi connectivity index (χ3v) is 18.7. The maximum absolute atomic E-state index is 12.2. The lowest BCUT2D eigenvalue weighted by Crippen LogP contribution is -2.29. The van der Waals surface area contributed by atoms with Crippen LogP contribution in [0, 0.1) is 0 Å². The summed E-state index contributed by atoms with van der Waals surface area (Å²) in [6, 6.07) is 58.6. The SMILES string of the molecule is CCc1cc(CO)cc(OCCOCCNC(=O)OCC2c3ccccc3-c3ccccc32)c1.COC(=O)c1cc(OCCOCCN=[N+]=[N-])cc(C(=O)OC)c1.NCCOCCOc1cc(CO)cc(CO)c1.NCCOCCOc1cc(CO)cc(CO)c1.O=C(NCCOCCOc1cc(CO)cc(CO)c1)OCC1c2ccccc2-c2ccccc21. The molecule has 0 spiro atoms. The number of nitrogens with two attached hydrogens (primary N) is 2. The number of methoxy groups -OCH3 is 2. The van der Waals surface area contributed by atoms with E-state index >= 15 is 0 Å². The first-order valence-corrected chi connectivity index (χ1v) is 40.8. The van der Waals surface area contributed by atoms with Crippen LogP contribution in [0.15, 0.2) is 193 Å². The Morgan fingerprint density at radius 3 is 0.912 bits per heavy atom. The Morgan fingerprint density at radius 1 is 0.360 bits per heavy atom. The van der Waals surface area contributed by atoms with E-state index in [1.807, 2.05) is 66.7 Å². The molecular weight excluding hydrogens is 1620 g/mol. The van der Waals surface area contributed by atoms with E-state index in [1.54, 1.807) is 54.6 Å². The first kappa shape index (κ1) is 100. The molecule has 0 saturated carbocycles.